The minimum Gasteiger partial charge on any atom is -0.319 e. The molecule has 1 heterocycles. The number of hydroxylamine groups is 1. The van der Waals surface area contributed by atoms with Gasteiger partial charge in [0.1, 0.15) is 6.04 Å². The Morgan fingerprint density at radius 1 is 1.03 bits per heavy atom. The molecule has 2 aromatic carbocycles. The Labute approximate surface area is 220 Å². The van der Waals surface area contributed by atoms with Crippen molar-refractivity contribution in [1.29, 1.82) is 0 Å². The fourth-order valence-corrected chi connectivity index (χ4v) is 5.37. The van der Waals surface area contributed by atoms with Crippen LogP contribution in [0, 0.1) is 0 Å². The average Bonchev–Trinajstić information content (AvgIpc) is 3.04. The van der Waals surface area contributed by atoms with Crippen LogP contribution in [-0.4, -0.2) is 51.9 Å². The molecule has 2 aromatic rings. The first kappa shape index (κ1) is 28.2. The van der Waals surface area contributed by atoms with E-state index < -0.39 is 42.1 Å². The molecular formula is C24H30BrN3O6SSi. The Balaban J connectivity index is 1.81. The van der Waals surface area contributed by atoms with Gasteiger partial charge in [-0.3, -0.25) is 19.3 Å². The van der Waals surface area contributed by atoms with E-state index in [9.17, 15) is 22.8 Å². The number of fused-ring (bicyclic) bond motifs is 1. The highest BCUT2D eigenvalue weighted by Gasteiger charge is 2.40. The highest BCUT2D eigenvalue weighted by Crippen LogP contribution is 2.35. The summed E-state index contributed by atoms with van der Waals surface area (Å²) < 4.78 is 35.0. The van der Waals surface area contributed by atoms with Gasteiger partial charge in [0.2, 0.25) is 18.3 Å². The summed E-state index contributed by atoms with van der Waals surface area (Å²) >= 11 is 3.27. The number of sulfonamides is 1. The van der Waals surface area contributed by atoms with E-state index in [-0.39, 0.29) is 34.0 Å². The fourth-order valence-electron chi connectivity index (χ4n) is 3.22. The summed E-state index contributed by atoms with van der Waals surface area (Å²) in [6, 6.07) is 11.1. The topological polar surface area (TPSA) is 122 Å². The molecule has 1 aliphatic heterocycles. The summed E-state index contributed by atoms with van der Waals surface area (Å²) in [4.78, 5) is 39.6. The molecule has 3 rings (SSSR count). The van der Waals surface area contributed by atoms with Crippen LogP contribution < -0.4 is 10.2 Å². The molecule has 0 fully saturated rings. The van der Waals surface area contributed by atoms with Crippen molar-refractivity contribution in [3.05, 3.63) is 64.1 Å². The lowest BCUT2D eigenvalue weighted by atomic mass is 10.1. The van der Waals surface area contributed by atoms with Crippen LogP contribution in [0.1, 0.15) is 47.9 Å². The normalized spacial score (nSPS) is 15.1. The zero-order chi connectivity index (χ0) is 26.9. The number of nitrogens with one attached hydrogen (secondary N) is 2. The second-order valence-corrected chi connectivity index (χ2v) is 17.4. The maximum atomic E-state index is 13.1. The van der Waals surface area contributed by atoms with Crippen LogP contribution in [-0.2, 0) is 19.3 Å². The van der Waals surface area contributed by atoms with Crippen LogP contribution in [0.2, 0.25) is 18.1 Å². The summed E-state index contributed by atoms with van der Waals surface area (Å²) in [5.41, 5.74) is 2.98. The summed E-state index contributed by atoms with van der Waals surface area (Å²) in [7, 11) is -6.48. The molecule has 0 aliphatic carbocycles. The fraction of sp³-hybridized carbons (Fsp3) is 0.375. The lowest BCUT2D eigenvalue weighted by molar-refractivity contribution is -0.130. The number of nitrogens with zero attached hydrogens (tertiary/aromatic N) is 1. The number of hydrogen-bond acceptors (Lipinski definition) is 6. The number of carbonyl (C=O) groups is 3. The third kappa shape index (κ3) is 6.12. The molecule has 0 bridgehead atoms. The maximum Gasteiger partial charge on any atom is 0.261 e. The maximum absolute atomic E-state index is 13.1. The SMILES string of the molecule is CC(C)(C)[Si](C)(C)ONC(=O)[C@@H](CCN1C(=O)c2ccccc2C1=O)NS(=O)(=O)c1ccc(Br)cc1. The monoisotopic (exact) mass is 595 g/mol. The van der Waals surface area contributed by atoms with Gasteiger partial charge in [-0.25, -0.2) is 13.9 Å². The molecule has 9 nitrogen and oxygen atoms in total. The van der Waals surface area contributed by atoms with Gasteiger partial charge < -0.3 is 4.53 Å². The lowest BCUT2D eigenvalue weighted by Gasteiger charge is -2.35. The van der Waals surface area contributed by atoms with Crippen LogP contribution in [0.15, 0.2) is 57.9 Å². The predicted molar refractivity (Wildman–Crippen MR) is 141 cm³/mol. The van der Waals surface area contributed by atoms with E-state index in [1.165, 1.54) is 12.1 Å². The Kier molecular flexibility index (Phi) is 8.25. The standard InChI is InChI=1S/C24H30BrN3O6SSi/c1-24(2,3)36(4,5)34-26-21(29)20(27-35(32,33)17-12-10-16(25)11-13-17)14-15-28-22(30)18-8-6-7-9-19(18)23(28)31/h6-13,20,27H,14-15H2,1-5H3,(H,26,29)/t20-/m1/s1. The minimum atomic E-state index is -4.09. The second-order valence-electron chi connectivity index (χ2n) is 10.1. The third-order valence-corrected chi connectivity index (χ3v) is 12.7. The van der Waals surface area contributed by atoms with Crippen molar-refractivity contribution in [3.8, 4) is 0 Å². The van der Waals surface area contributed by atoms with Crippen LogP contribution in [0.4, 0.5) is 0 Å². The van der Waals surface area contributed by atoms with Gasteiger partial charge in [-0.2, -0.15) is 4.72 Å². The van der Waals surface area contributed by atoms with E-state index in [4.69, 9.17) is 4.53 Å². The minimum absolute atomic E-state index is 0.0328. The Morgan fingerprint density at radius 2 is 1.56 bits per heavy atom. The Hall–Kier alpha value is -2.38. The molecule has 194 valence electrons. The van der Waals surface area contributed by atoms with Gasteiger partial charge in [-0.05, 0) is 61.0 Å². The van der Waals surface area contributed by atoms with Crippen molar-refractivity contribution in [2.75, 3.05) is 6.54 Å². The van der Waals surface area contributed by atoms with Gasteiger partial charge in [-0.15, -0.1) is 0 Å². The van der Waals surface area contributed by atoms with E-state index in [0.29, 0.717) is 4.47 Å². The lowest BCUT2D eigenvalue weighted by Crippen LogP contribution is -2.53. The average molecular weight is 597 g/mol. The zero-order valence-corrected chi connectivity index (χ0v) is 24.2. The van der Waals surface area contributed by atoms with Crippen molar-refractivity contribution in [3.63, 3.8) is 0 Å². The number of rotatable bonds is 9. The summed E-state index contributed by atoms with van der Waals surface area (Å²) in [5.74, 6) is -1.68. The van der Waals surface area contributed by atoms with Crippen molar-refractivity contribution in [2.45, 2.75) is 56.3 Å². The Morgan fingerprint density at radius 3 is 2.06 bits per heavy atom. The predicted octanol–water partition coefficient (Wildman–Crippen LogP) is 3.84. The van der Waals surface area contributed by atoms with Gasteiger partial charge in [0, 0.05) is 11.0 Å². The molecule has 0 aromatic heterocycles. The highest BCUT2D eigenvalue weighted by molar-refractivity contribution is 9.10. The first-order chi connectivity index (χ1) is 16.6. The summed E-state index contributed by atoms with van der Waals surface area (Å²) in [6.07, 6.45) is -0.145. The van der Waals surface area contributed by atoms with E-state index >= 15 is 0 Å². The largest absolute Gasteiger partial charge is 0.319 e. The molecular weight excluding hydrogens is 566 g/mol. The van der Waals surface area contributed by atoms with Crippen molar-refractivity contribution in [2.24, 2.45) is 0 Å². The van der Waals surface area contributed by atoms with Crippen LogP contribution in [0.25, 0.3) is 0 Å². The van der Waals surface area contributed by atoms with Gasteiger partial charge in [-0.1, -0.05) is 48.8 Å². The second kappa shape index (κ2) is 10.5. The molecule has 36 heavy (non-hydrogen) atoms. The quantitative estimate of drug-likeness (QED) is 0.258. The Bertz CT molecular complexity index is 1240. The first-order valence-electron chi connectivity index (χ1n) is 11.3. The highest BCUT2D eigenvalue weighted by atomic mass is 79.9. The first-order valence-corrected chi connectivity index (χ1v) is 16.5. The van der Waals surface area contributed by atoms with E-state index in [1.807, 2.05) is 33.9 Å². The number of carbonyl (C=O) groups excluding carboxylic acids is 3. The van der Waals surface area contributed by atoms with Gasteiger partial charge in [0.15, 0.2) is 0 Å². The smallest absolute Gasteiger partial charge is 0.261 e. The van der Waals surface area contributed by atoms with Crippen molar-refractivity contribution in [1.82, 2.24) is 15.1 Å². The molecule has 0 spiro atoms. The van der Waals surface area contributed by atoms with Crippen molar-refractivity contribution < 1.29 is 27.3 Å². The van der Waals surface area contributed by atoms with Gasteiger partial charge >= 0.3 is 0 Å². The molecule has 0 saturated heterocycles. The number of benzene rings is 2. The van der Waals surface area contributed by atoms with Crippen molar-refractivity contribution >= 4 is 52.0 Å². The van der Waals surface area contributed by atoms with E-state index in [2.05, 4.69) is 26.1 Å². The molecule has 0 unspecified atom stereocenters. The molecule has 0 radical (unpaired) electrons. The summed E-state index contributed by atoms with van der Waals surface area (Å²) in [5, 5.41) is -0.202. The van der Waals surface area contributed by atoms with E-state index in [1.54, 1.807) is 36.4 Å². The third-order valence-electron chi connectivity index (χ3n) is 6.47. The molecule has 3 amide bonds. The van der Waals surface area contributed by atoms with Crippen LogP contribution in [0.3, 0.4) is 0 Å². The van der Waals surface area contributed by atoms with Gasteiger partial charge in [0.25, 0.3) is 17.7 Å². The number of amides is 3. The van der Waals surface area contributed by atoms with Crippen LogP contribution >= 0.6 is 15.9 Å². The molecule has 1 atom stereocenters. The number of hydrogen-bond donors (Lipinski definition) is 2. The van der Waals surface area contributed by atoms with Crippen LogP contribution in [0.5, 0.6) is 0 Å². The molecule has 1 aliphatic rings. The zero-order valence-electron chi connectivity index (χ0n) is 20.8. The van der Waals surface area contributed by atoms with E-state index in [0.717, 1.165) is 4.90 Å². The summed E-state index contributed by atoms with van der Waals surface area (Å²) in [6.45, 7) is 9.72. The number of imide groups is 1. The molecule has 2 N–H and O–H groups in total. The van der Waals surface area contributed by atoms with Gasteiger partial charge in [0.05, 0.1) is 16.0 Å². The molecule has 12 heteroatoms. The molecule has 0 saturated carbocycles. The number of halogens is 1.